The fraction of sp³-hybridized carbons (Fsp3) is 0.348. The Bertz CT molecular complexity index is 1350. The molecule has 3 aromatic rings. The SMILES string of the molecule is O=C(c1ccn(Cc2cccc(OC(F)F)c2)n1)c1cnccc1N[C@@H]1C[C@H](CNS(=O)(=O)O)[C@@H](O)C1. The van der Waals surface area contributed by atoms with E-state index in [1.807, 2.05) is 4.72 Å². The number of anilines is 1. The molecule has 4 rings (SSSR count). The fourth-order valence-corrected chi connectivity index (χ4v) is 4.71. The molecule has 2 heterocycles. The molecule has 1 aliphatic rings. The molecule has 1 fully saturated rings. The second kappa shape index (κ2) is 11.3. The minimum atomic E-state index is -4.36. The van der Waals surface area contributed by atoms with Crippen LogP contribution in [0.1, 0.15) is 34.5 Å². The molecule has 1 saturated carbocycles. The molecule has 0 bridgehead atoms. The fourth-order valence-electron chi connectivity index (χ4n) is 4.29. The van der Waals surface area contributed by atoms with E-state index in [1.54, 1.807) is 24.4 Å². The van der Waals surface area contributed by atoms with Gasteiger partial charge in [0.15, 0.2) is 0 Å². The molecule has 2 aromatic heterocycles. The van der Waals surface area contributed by atoms with Crippen LogP contribution in [0.3, 0.4) is 0 Å². The van der Waals surface area contributed by atoms with Crippen LogP contribution in [0.15, 0.2) is 55.0 Å². The lowest BCUT2D eigenvalue weighted by Crippen LogP contribution is -2.32. The number of carbonyl (C=O) groups is 1. The first-order valence-electron chi connectivity index (χ1n) is 11.3. The van der Waals surface area contributed by atoms with Crippen molar-refractivity contribution >= 4 is 21.8 Å². The number of carbonyl (C=O) groups excluding carboxylic acids is 1. The second-order valence-corrected chi connectivity index (χ2v) is 9.88. The summed E-state index contributed by atoms with van der Waals surface area (Å²) in [5.41, 5.74) is 1.54. The molecule has 4 N–H and O–H groups in total. The zero-order valence-electron chi connectivity index (χ0n) is 19.4. The smallest absolute Gasteiger partial charge is 0.387 e. The molecule has 0 saturated heterocycles. The lowest BCUT2D eigenvalue weighted by molar-refractivity contribution is -0.0498. The maximum atomic E-state index is 13.2. The van der Waals surface area contributed by atoms with E-state index in [0.29, 0.717) is 24.1 Å². The van der Waals surface area contributed by atoms with Crippen molar-refractivity contribution < 1.29 is 36.4 Å². The quantitative estimate of drug-likeness (QED) is 0.213. The summed E-state index contributed by atoms with van der Waals surface area (Å²) in [4.78, 5) is 17.2. The van der Waals surface area contributed by atoms with E-state index in [-0.39, 0.29) is 36.1 Å². The molecule has 3 atom stereocenters. The number of nitrogens with zero attached hydrogens (tertiary/aromatic N) is 3. The second-order valence-electron chi connectivity index (χ2n) is 8.64. The number of rotatable bonds is 11. The van der Waals surface area contributed by atoms with Gasteiger partial charge in [-0.05, 0) is 42.7 Å². The molecular formula is C23H25F2N5O6S. The molecule has 11 nitrogen and oxygen atoms in total. The van der Waals surface area contributed by atoms with E-state index in [1.165, 1.54) is 35.3 Å². The summed E-state index contributed by atoms with van der Waals surface area (Å²) < 4.78 is 63.6. The Morgan fingerprint density at radius 1 is 1.24 bits per heavy atom. The first-order valence-corrected chi connectivity index (χ1v) is 12.7. The minimum Gasteiger partial charge on any atom is -0.435 e. The van der Waals surface area contributed by atoms with E-state index in [0.717, 1.165) is 0 Å². The minimum absolute atomic E-state index is 0.0232. The summed E-state index contributed by atoms with van der Waals surface area (Å²) in [6.07, 6.45) is 4.43. The summed E-state index contributed by atoms with van der Waals surface area (Å²) in [6.45, 7) is -2.82. The number of aliphatic hydroxyl groups is 1. The van der Waals surface area contributed by atoms with Crippen LogP contribution in [-0.2, 0) is 16.8 Å². The van der Waals surface area contributed by atoms with Crippen LogP contribution < -0.4 is 14.8 Å². The van der Waals surface area contributed by atoms with Gasteiger partial charge < -0.3 is 15.2 Å². The third-order valence-corrected chi connectivity index (χ3v) is 6.48. The first-order chi connectivity index (χ1) is 17.6. The lowest BCUT2D eigenvalue weighted by Gasteiger charge is -2.16. The molecule has 0 aliphatic heterocycles. The third kappa shape index (κ3) is 7.29. The van der Waals surface area contributed by atoms with Crippen molar-refractivity contribution in [3.05, 3.63) is 71.8 Å². The Labute approximate surface area is 211 Å². The van der Waals surface area contributed by atoms with Crippen molar-refractivity contribution in [1.29, 1.82) is 0 Å². The van der Waals surface area contributed by atoms with Crippen LogP contribution in [-0.4, -0.2) is 63.9 Å². The van der Waals surface area contributed by atoms with E-state index < -0.39 is 34.7 Å². The summed E-state index contributed by atoms with van der Waals surface area (Å²) in [6, 6.07) is 9.09. The van der Waals surface area contributed by atoms with E-state index >= 15 is 0 Å². The average Bonchev–Trinajstić information content (AvgIpc) is 3.43. The third-order valence-electron chi connectivity index (χ3n) is 5.95. The van der Waals surface area contributed by atoms with Gasteiger partial charge in [0.25, 0.3) is 0 Å². The summed E-state index contributed by atoms with van der Waals surface area (Å²) in [5, 5.41) is 17.8. The van der Waals surface area contributed by atoms with Crippen LogP contribution >= 0.6 is 0 Å². The predicted octanol–water partition coefficient (Wildman–Crippen LogP) is 2.10. The number of benzene rings is 1. The van der Waals surface area contributed by atoms with Gasteiger partial charge in [0.1, 0.15) is 11.4 Å². The molecule has 0 spiro atoms. The molecule has 198 valence electrons. The number of nitrogens with one attached hydrogen (secondary N) is 2. The molecule has 1 aromatic carbocycles. The Hall–Kier alpha value is -3.46. The summed E-state index contributed by atoms with van der Waals surface area (Å²) in [5.74, 6) is -0.789. The van der Waals surface area contributed by atoms with Gasteiger partial charge in [0.05, 0.1) is 18.2 Å². The van der Waals surface area contributed by atoms with Gasteiger partial charge in [-0.2, -0.15) is 27.0 Å². The Morgan fingerprint density at radius 2 is 2.05 bits per heavy atom. The topological polar surface area (TPSA) is 156 Å². The van der Waals surface area contributed by atoms with Crippen molar-refractivity contribution in [3.63, 3.8) is 0 Å². The maximum absolute atomic E-state index is 13.2. The van der Waals surface area contributed by atoms with Crippen molar-refractivity contribution in [2.45, 2.75) is 38.1 Å². The highest BCUT2D eigenvalue weighted by molar-refractivity contribution is 7.83. The normalized spacial score (nSPS) is 19.8. The summed E-state index contributed by atoms with van der Waals surface area (Å²) in [7, 11) is -4.36. The Morgan fingerprint density at radius 3 is 2.81 bits per heavy atom. The zero-order valence-corrected chi connectivity index (χ0v) is 20.2. The molecule has 0 amide bonds. The lowest BCUT2D eigenvalue weighted by atomic mass is 10.1. The molecule has 37 heavy (non-hydrogen) atoms. The first kappa shape index (κ1) is 26.6. The number of ketones is 1. The van der Waals surface area contributed by atoms with Crippen molar-refractivity contribution in [2.75, 3.05) is 11.9 Å². The Kier molecular flexibility index (Phi) is 8.12. The average molecular weight is 538 g/mol. The molecule has 0 unspecified atom stereocenters. The molecule has 14 heteroatoms. The largest absolute Gasteiger partial charge is 0.435 e. The summed E-state index contributed by atoms with van der Waals surface area (Å²) >= 11 is 0. The van der Waals surface area contributed by atoms with Gasteiger partial charge in [0.2, 0.25) is 5.78 Å². The highest BCUT2D eigenvalue weighted by atomic mass is 32.2. The van der Waals surface area contributed by atoms with Crippen molar-refractivity contribution in [3.8, 4) is 5.75 Å². The highest BCUT2D eigenvalue weighted by Crippen LogP contribution is 2.30. The number of aliphatic hydroxyl groups excluding tert-OH is 1. The van der Waals surface area contributed by atoms with Crippen LogP contribution in [0.4, 0.5) is 14.5 Å². The van der Waals surface area contributed by atoms with E-state index in [2.05, 4.69) is 20.1 Å². The molecular weight excluding hydrogens is 512 g/mol. The van der Waals surface area contributed by atoms with Gasteiger partial charge in [-0.25, -0.2) is 0 Å². The van der Waals surface area contributed by atoms with Crippen molar-refractivity contribution in [1.82, 2.24) is 19.5 Å². The van der Waals surface area contributed by atoms with Crippen LogP contribution in [0.2, 0.25) is 0 Å². The van der Waals surface area contributed by atoms with E-state index in [9.17, 15) is 27.1 Å². The number of hydrogen-bond donors (Lipinski definition) is 4. The number of halogens is 2. The van der Waals surface area contributed by atoms with Gasteiger partial charge in [-0.3, -0.25) is 19.0 Å². The monoisotopic (exact) mass is 537 g/mol. The highest BCUT2D eigenvalue weighted by Gasteiger charge is 2.34. The van der Waals surface area contributed by atoms with Gasteiger partial charge >= 0.3 is 16.9 Å². The van der Waals surface area contributed by atoms with Crippen LogP contribution in [0, 0.1) is 5.92 Å². The molecule has 0 radical (unpaired) electrons. The number of pyridine rings is 1. The van der Waals surface area contributed by atoms with Gasteiger partial charge in [-0.1, -0.05) is 12.1 Å². The van der Waals surface area contributed by atoms with Crippen molar-refractivity contribution in [2.24, 2.45) is 5.92 Å². The van der Waals surface area contributed by atoms with E-state index in [4.69, 9.17) is 4.55 Å². The van der Waals surface area contributed by atoms with Crippen LogP contribution in [0.5, 0.6) is 5.75 Å². The number of alkyl halides is 2. The van der Waals surface area contributed by atoms with Crippen LogP contribution in [0.25, 0.3) is 0 Å². The predicted molar refractivity (Wildman–Crippen MR) is 128 cm³/mol. The Balaban J connectivity index is 1.43. The standard InChI is InChI=1S/C23H25F2N5O6S/c24-23(25)36-17-3-1-2-14(8-17)13-30-7-5-20(29-30)22(32)18-12-26-6-4-19(18)28-16-9-15(21(31)10-16)11-27-37(33,34)35/h1-8,12,15-16,21,23,27,31H,9-11,13H2,(H,26,28)(H,33,34,35)/t15-,16-,21+/m1/s1. The zero-order chi connectivity index (χ0) is 26.6. The maximum Gasteiger partial charge on any atom is 0.387 e. The van der Waals surface area contributed by atoms with Gasteiger partial charge in [0, 0.05) is 42.8 Å². The molecule has 1 aliphatic carbocycles. The van der Waals surface area contributed by atoms with Gasteiger partial charge in [-0.15, -0.1) is 0 Å². The number of aromatic nitrogens is 3. The number of hydrogen-bond acceptors (Lipinski definition) is 8. The number of ether oxygens (including phenoxy) is 1.